The first-order valence-corrected chi connectivity index (χ1v) is 15.4. The Morgan fingerprint density at radius 3 is 1.64 bits per heavy atom. The van der Waals surface area contributed by atoms with E-state index < -0.39 is 0 Å². The van der Waals surface area contributed by atoms with Gasteiger partial charge in [-0.1, -0.05) is 127 Å². The standard InChI is InChI=1S/C41H25N5O/c1-3-11-27(12-4-1)39-44-40(28-13-5-2-6-14-28)46-41(45-39)29-21-19-26(20-22-29)37-31-16-8-7-15-30(31)25-33(43-37)38-36-32-17-9-10-18-34(32)47-35(36)23-24-42-38/h1-25H. The lowest BCUT2D eigenvalue weighted by molar-refractivity contribution is 0.668. The molecule has 0 fully saturated rings. The quantitative estimate of drug-likeness (QED) is 0.195. The molecule has 0 aliphatic heterocycles. The van der Waals surface area contributed by atoms with Crippen LogP contribution >= 0.6 is 0 Å². The predicted octanol–water partition coefficient (Wildman–Crippen LogP) is 10.0. The van der Waals surface area contributed by atoms with Gasteiger partial charge in [0.1, 0.15) is 16.9 Å². The lowest BCUT2D eigenvalue weighted by Crippen LogP contribution is -2.00. The monoisotopic (exact) mass is 603 g/mol. The van der Waals surface area contributed by atoms with Crippen molar-refractivity contribution in [1.82, 2.24) is 24.9 Å². The summed E-state index contributed by atoms with van der Waals surface area (Å²) in [7, 11) is 0. The van der Waals surface area contributed by atoms with E-state index in [1.807, 2.05) is 91.0 Å². The van der Waals surface area contributed by atoms with Crippen LogP contribution in [0.2, 0.25) is 0 Å². The van der Waals surface area contributed by atoms with Crippen molar-refractivity contribution in [1.29, 1.82) is 0 Å². The van der Waals surface area contributed by atoms with Gasteiger partial charge in [-0.15, -0.1) is 0 Å². The van der Waals surface area contributed by atoms with Crippen molar-refractivity contribution in [2.45, 2.75) is 0 Å². The molecule has 0 atom stereocenters. The summed E-state index contributed by atoms with van der Waals surface area (Å²) in [5.41, 5.74) is 7.83. The minimum absolute atomic E-state index is 0.610. The van der Waals surface area contributed by atoms with Gasteiger partial charge in [0.05, 0.1) is 16.8 Å². The molecule has 0 bridgehead atoms. The number of nitrogens with zero attached hydrogens (tertiary/aromatic N) is 5. The lowest BCUT2D eigenvalue weighted by Gasteiger charge is -2.12. The highest BCUT2D eigenvalue weighted by Gasteiger charge is 2.18. The maximum Gasteiger partial charge on any atom is 0.164 e. The molecule has 6 heteroatoms. The predicted molar refractivity (Wildman–Crippen MR) is 187 cm³/mol. The van der Waals surface area contributed by atoms with Crippen molar-refractivity contribution in [3.8, 4) is 56.8 Å². The Morgan fingerprint density at radius 1 is 0.404 bits per heavy atom. The summed E-state index contributed by atoms with van der Waals surface area (Å²) in [6.07, 6.45) is 1.79. The molecule has 0 radical (unpaired) electrons. The van der Waals surface area contributed by atoms with E-state index in [4.69, 9.17) is 29.3 Å². The molecule has 220 valence electrons. The van der Waals surface area contributed by atoms with Gasteiger partial charge in [0, 0.05) is 39.2 Å². The van der Waals surface area contributed by atoms with E-state index in [0.717, 1.165) is 72.0 Å². The fraction of sp³-hybridized carbons (Fsp3) is 0. The Morgan fingerprint density at radius 2 is 0.957 bits per heavy atom. The number of fused-ring (bicyclic) bond motifs is 4. The Balaban J connectivity index is 1.18. The summed E-state index contributed by atoms with van der Waals surface area (Å²) >= 11 is 0. The highest BCUT2D eigenvalue weighted by Crippen LogP contribution is 2.37. The van der Waals surface area contributed by atoms with Crippen LogP contribution in [-0.4, -0.2) is 24.9 Å². The number of rotatable bonds is 5. The topological polar surface area (TPSA) is 77.6 Å². The van der Waals surface area contributed by atoms with E-state index in [1.54, 1.807) is 6.20 Å². The summed E-state index contributed by atoms with van der Waals surface area (Å²) in [4.78, 5) is 24.7. The Kier molecular flexibility index (Phi) is 6.35. The molecule has 0 saturated heterocycles. The SMILES string of the molecule is c1ccc(-c2nc(-c3ccccc3)nc(-c3ccc(-c4nc(-c5nccc6oc7ccccc7c56)cc5ccccc45)cc3)n2)cc1. The Bertz CT molecular complexity index is 2500. The molecule has 5 aromatic carbocycles. The van der Waals surface area contributed by atoms with Crippen molar-refractivity contribution in [3.63, 3.8) is 0 Å². The van der Waals surface area contributed by atoms with Crippen LogP contribution in [0.25, 0.3) is 89.5 Å². The van der Waals surface area contributed by atoms with Crippen molar-refractivity contribution in [2.75, 3.05) is 0 Å². The van der Waals surface area contributed by atoms with Gasteiger partial charge in [-0.2, -0.15) is 0 Å². The normalized spacial score (nSPS) is 11.4. The Labute approximate surface area is 270 Å². The summed E-state index contributed by atoms with van der Waals surface area (Å²) in [5.74, 6) is 1.87. The van der Waals surface area contributed by atoms with Crippen molar-refractivity contribution in [2.24, 2.45) is 0 Å². The number of hydrogen-bond acceptors (Lipinski definition) is 6. The summed E-state index contributed by atoms with van der Waals surface area (Å²) in [6.45, 7) is 0. The van der Waals surface area contributed by atoms with Gasteiger partial charge in [-0.05, 0) is 23.6 Å². The number of para-hydroxylation sites is 1. The van der Waals surface area contributed by atoms with E-state index in [-0.39, 0.29) is 0 Å². The van der Waals surface area contributed by atoms with Crippen LogP contribution in [0.5, 0.6) is 0 Å². The molecule has 0 amide bonds. The third-order valence-corrected chi connectivity index (χ3v) is 8.39. The molecule has 0 spiro atoms. The molecule has 0 aliphatic carbocycles. The van der Waals surface area contributed by atoms with E-state index in [2.05, 4.69) is 54.6 Å². The molecule has 47 heavy (non-hydrogen) atoms. The van der Waals surface area contributed by atoms with Gasteiger partial charge in [-0.3, -0.25) is 4.98 Å². The zero-order chi connectivity index (χ0) is 31.2. The molecule has 0 saturated carbocycles. The van der Waals surface area contributed by atoms with Gasteiger partial charge in [0.2, 0.25) is 0 Å². The van der Waals surface area contributed by atoms with Crippen LogP contribution in [0, 0.1) is 0 Å². The number of hydrogen-bond donors (Lipinski definition) is 0. The molecule has 9 rings (SSSR count). The molecule has 0 aliphatic rings. The molecule has 9 aromatic rings. The lowest BCUT2D eigenvalue weighted by atomic mass is 10.00. The van der Waals surface area contributed by atoms with E-state index >= 15 is 0 Å². The second-order valence-corrected chi connectivity index (χ2v) is 11.3. The maximum absolute atomic E-state index is 6.16. The second kappa shape index (κ2) is 11.1. The minimum Gasteiger partial charge on any atom is -0.456 e. The van der Waals surface area contributed by atoms with Gasteiger partial charge in [0.25, 0.3) is 0 Å². The molecular formula is C41H25N5O. The smallest absolute Gasteiger partial charge is 0.164 e. The van der Waals surface area contributed by atoms with Gasteiger partial charge >= 0.3 is 0 Å². The van der Waals surface area contributed by atoms with Gasteiger partial charge in [0.15, 0.2) is 17.5 Å². The highest BCUT2D eigenvalue weighted by molar-refractivity contribution is 6.11. The average Bonchev–Trinajstić information content (AvgIpc) is 3.54. The van der Waals surface area contributed by atoms with Crippen LogP contribution in [0.4, 0.5) is 0 Å². The van der Waals surface area contributed by atoms with Crippen LogP contribution in [-0.2, 0) is 0 Å². The summed E-state index contributed by atoms with van der Waals surface area (Å²) in [6, 6.07) is 48.7. The molecule has 0 N–H and O–H groups in total. The number of aromatic nitrogens is 5. The Hall–Kier alpha value is -6.53. The third kappa shape index (κ3) is 4.80. The number of furan rings is 1. The van der Waals surface area contributed by atoms with E-state index in [0.29, 0.717) is 17.5 Å². The first kappa shape index (κ1) is 26.8. The average molecular weight is 604 g/mol. The van der Waals surface area contributed by atoms with Crippen molar-refractivity contribution < 1.29 is 4.42 Å². The highest BCUT2D eigenvalue weighted by atomic mass is 16.3. The first-order valence-electron chi connectivity index (χ1n) is 15.4. The van der Waals surface area contributed by atoms with Crippen LogP contribution in [0.3, 0.4) is 0 Å². The van der Waals surface area contributed by atoms with E-state index in [1.165, 1.54) is 0 Å². The maximum atomic E-state index is 6.16. The summed E-state index contributed by atoms with van der Waals surface area (Å²) in [5, 5.41) is 4.13. The molecule has 0 unspecified atom stereocenters. The molecule has 6 nitrogen and oxygen atoms in total. The largest absolute Gasteiger partial charge is 0.456 e. The van der Waals surface area contributed by atoms with Gasteiger partial charge in [-0.25, -0.2) is 19.9 Å². The second-order valence-electron chi connectivity index (χ2n) is 11.3. The fourth-order valence-electron chi connectivity index (χ4n) is 6.12. The summed E-state index contributed by atoms with van der Waals surface area (Å²) < 4.78 is 6.16. The number of benzene rings is 5. The van der Waals surface area contributed by atoms with Crippen LogP contribution in [0.15, 0.2) is 156 Å². The fourth-order valence-corrected chi connectivity index (χ4v) is 6.12. The van der Waals surface area contributed by atoms with E-state index in [9.17, 15) is 0 Å². The van der Waals surface area contributed by atoms with Crippen LogP contribution in [0.1, 0.15) is 0 Å². The zero-order valence-electron chi connectivity index (χ0n) is 25.1. The zero-order valence-corrected chi connectivity index (χ0v) is 25.1. The molecule has 4 aromatic heterocycles. The van der Waals surface area contributed by atoms with Crippen molar-refractivity contribution >= 4 is 32.7 Å². The molecular weight excluding hydrogens is 578 g/mol. The minimum atomic E-state index is 0.610. The van der Waals surface area contributed by atoms with Crippen molar-refractivity contribution in [3.05, 3.63) is 152 Å². The third-order valence-electron chi connectivity index (χ3n) is 8.39. The van der Waals surface area contributed by atoms with Crippen LogP contribution < -0.4 is 0 Å². The van der Waals surface area contributed by atoms with Gasteiger partial charge < -0.3 is 4.42 Å². The first-order chi connectivity index (χ1) is 23.3. The molecule has 4 heterocycles. The number of pyridine rings is 2.